The minimum atomic E-state index is 0.560. The van der Waals surface area contributed by atoms with Crippen LogP contribution in [0.3, 0.4) is 0 Å². The van der Waals surface area contributed by atoms with Crippen LogP contribution in [-0.4, -0.2) is 20.9 Å². The molecule has 1 heterocycles. The molecular formula is C13H13N3O. The van der Waals surface area contributed by atoms with Crippen molar-refractivity contribution in [1.29, 1.82) is 0 Å². The third kappa shape index (κ3) is 2.47. The van der Waals surface area contributed by atoms with E-state index in [0.717, 1.165) is 11.3 Å². The summed E-state index contributed by atoms with van der Waals surface area (Å²) in [6.45, 7) is 1.92. The van der Waals surface area contributed by atoms with E-state index >= 15 is 0 Å². The van der Waals surface area contributed by atoms with Crippen molar-refractivity contribution >= 4 is 5.71 Å². The maximum atomic E-state index is 8.87. The molecule has 0 aliphatic rings. The first kappa shape index (κ1) is 11.3. The number of hydrogen-bond acceptors (Lipinski definition) is 4. The Balaban J connectivity index is 2.42. The molecule has 4 heteroatoms. The molecule has 0 fully saturated rings. The Morgan fingerprint density at radius 3 is 2.65 bits per heavy atom. The van der Waals surface area contributed by atoms with Gasteiger partial charge >= 0.3 is 0 Å². The number of rotatable bonds is 3. The van der Waals surface area contributed by atoms with Crippen LogP contribution in [0.15, 0.2) is 47.9 Å². The van der Waals surface area contributed by atoms with Crippen molar-refractivity contribution in [3.8, 4) is 11.3 Å². The fourth-order valence-corrected chi connectivity index (χ4v) is 1.58. The average Bonchev–Trinajstić information content (AvgIpc) is 2.42. The van der Waals surface area contributed by atoms with Gasteiger partial charge in [0, 0.05) is 5.56 Å². The Morgan fingerprint density at radius 2 is 2.00 bits per heavy atom. The second-order valence-electron chi connectivity index (χ2n) is 3.55. The standard InChI is InChI=1S/C13H13N3O/c1-2-11(16-17)13-8-12(14-9-15-13)10-6-4-3-5-7-10/h3-9,17H,2H2,1H3/b16-11+. The summed E-state index contributed by atoms with van der Waals surface area (Å²) in [5.41, 5.74) is 3.06. The fraction of sp³-hybridized carbons (Fsp3) is 0.154. The topological polar surface area (TPSA) is 58.4 Å². The van der Waals surface area contributed by atoms with Gasteiger partial charge in [-0.3, -0.25) is 0 Å². The summed E-state index contributed by atoms with van der Waals surface area (Å²) in [6.07, 6.45) is 2.11. The van der Waals surface area contributed by atoms with Gasteiger partial charge in [0.2, 0.25) is 0 Å². The zero-order valence-electron chi connectivity index (χ0n) is 9.54. The molecule has 0 radical (unpaired) electrons. The zero-order valence-corrected chi connectivity index (χ0v) is 9.54. The number of aromatic nitrogens is 2. The van der Waals surface area contributed by atoms with Gasteiger partial charge in [-0.2, -0.15) is 0 Å². The van der Waals surface area contributed by atoms with Crippen molar-refractivity contribution in [3.63, 3.8) is 0 Å². The number of oxime groups is 1. The lowest BCUT2D eigenvalue weighted by atomic mass is 10.1. The van der Waals surface area contributed by atoms with Gasteiger partial charge in [0.15, 0.2) is 0 Å². The van der Waals surface area contributed by atoms with Crippen LogP contribution in [0.1, 0.15) is 19.0 Å². The molecule has 0 saturated carbocycles. The number of hydrogen-bond donors (Lipinski definition) is 1. The van der Waals surface area contributed by atoms with E-state index in [2.05, 4.69) is 15.1 Å². The molecule has 0 spiro atoms. The summed E-state index contributed by atoms with van der Waals surface area (Å²) in [5, 5.41) is 12.1. The summed E-state index contributed by atoms with van der Waals surface area (Å²) >= 11 is 0. The van der Waals surface area contributed by atoms with E-state index in [1.807, 2.05) is 43.3 Å². The third-order valence-corrected chi connectivity index (χ3v) is 2.49. The van der Waals surface area contributed by atoms with Gasteiger partial charge in [0.05, 0.1) is 11.4 Å². The molecule has 2 aromatic rings. The Hall–Kier alpha value is -2.23. The van der Waals surface area contributed by atoms with Gasteiger partial charge < -0.3 is 5.21 Å². The van der Waals surface area contributed by atoms with Gasteiger partial charge in [-0.15, -0.1) is 0 Å². The minimum Gasteiger partial charge on any atom is -0.411 e. The molecule has 0 bridgehead atoms. The second kappa shape index (κ2) is 5.21. The summed E-state index contributed by atoms with van der Waals surface area (Å²) in [5.74, 6) is 0. The largest absolute Gasteiger partial charge is 0.411 e. The second-order valence-corrected chi connectivity index (χ2v) is 3.55. The van der Waals surface area contributed by atoms with Crippen LogP contribution in [0.4, 0.5) is 0 Å². The zero-order chi connectivity index (χ0) is 12.1. The smallest absolute Gasteiger partial charge is 0.116 e. The Labute approximate surface area is 99.7 Å². The van der Waals surface area contributed by atoms with E-state index < -0.39 is 0 Å². The molecule has 1 aromatic carbocycles. The lowest BCUT2D eigenvalue weighted by molar-refractivity contribution is 0.318. The molecule has 0 unspecified atom stereocenters. The molecule has 0 saturated heterocycles. The number of nitrogens with zero attached hydrogens (tertiary/aromatic N) is 3. The molecule has 86 valence electrons. The molecule has 0 atom stereocenters. The normalized spacial score (nSPS) is 11.5. The quantitative estimate of drug-likeness (QED) is 0.498. The Kier molecular flexibility index (Phi) is 3.45. The van der Waals surface area contributed by atoms with E-state index in [4.69, 9.17) is 5.21 Å². The lowest BCUT2D eigenvalue weighted by Gasteiger charge is -2.03. The van der Waals surface area contributed by atoms with Crippen molar-refractivity contribution in [3.05, 3.63) is 48.4 Å². The number of benzene rings is 1. The summed E-state index contributed by atoms with van der Waals surface area (Å²) in [6, 6.07) is 11.7. The highest BCUT2D eigenvalue weighted by molar-refractivity contribution is 5.98. The first-order valence-electron chi connectivity index (χ1n) is 5.44. The molecule has 17 heavy (non-hydrogen) atoms. The van der Waals surface area contributed by atoms with E-state index in [-0.39, 0.29) is 0 Å². The lowest BCUT2D eigenvalue weighted by Crippen LogP contribution is -2.03. The van der Waals surface area contributed by atoms with Gasteiger partial charge in [0.25, 0.3) is 0 Å². The minimum absolute atomic E-state index is 0.560. The van der Waals surface area contributed by atoms with E-state index in [0.29, 0.717) is 17.8 Å². The molecule has 0 aliphatic heterocycles. The fourth-order valence-electron chi connectivity index (χ4n) is 1.58. The predicted octanol–water partition coefficient (Wildman–Crippen LogP) is 2.73. The van der Waals surface area contributed by atoms with Crippen LogP contribution in [0.2, 0.25) is 0 Å². The van der Waals surface area contributed by atoms with E-state index in [1.165, 1.54) is 6.33 Å². The molecule has 0 amide bonds. The molecule has 4 nitrogen and oxygen atoms in total. The highest BCUT2D eigenvalue weighted by atomic mass is 16.4. The first-order chi connectivity index (χ1) is 8.35. The van der Waals surface area contributed by atoms with Gasteiger partial charge in [0.1, 0.15) is 12.0 Å². The maximum absolute atomic E-state index is 8.87. The van der Waals surface area contributed by atoms with E-state index in [1.54, 1.807) is 0 Å². The summed E-state index contributed by atoms with van der Waals surface area (Å²) in [7, 11) is 0. The molecule has 1 N–H and O–H groups in total. The van der Waals surface area contributed by atoms with Gasteiger partial charge in [-0.05, 0) is 12.5 Å². The van der Waals surface area contributed by atoms with E-state index in [9.17, 15) is 0 Å². The maximum Gasteiger partial charge on any atom is 0.116 e. The third-order valence-electron chi connectivity index (χ3n) is 2.49. The van der Waals surface area contributed by atoms with Crippen molar-refractivity contribution in [1.82, 2.24) is 9.97 Å². The van der Waals surface area contributed by atoms with Crippen LogP contribution in [0.5, 0.6) is 0 Å². The SMILES string of the molecule is CC/C(=N\O)c1cc(-c2ccccc2)ncn1. The summed E-state index contributed by atoms with van der Waals surface area (Å²) < 4.78 is 0. The van der Waals surface area contributed by atoms with Crippen molar-refractivity contribution in [2.75, 3.05) is 0 Å². The van der Waals surface area contributed by atoms with Crippen LogP contribution >= 0.6 is 0 Å². The van der Waals surface area contributed by atoms with Crippen molar-refractivity contribution in [2.24, 2.45) is 5.16 Å². The summed E-state index contributed by atoms with van der Waals surface area (Å²) in [4.78, 5) is 8.32. The van der Waals surface area contributed by atoms with Crippen LogP contribution in [0.25, 0.3) is 11.3 Å². The average molecular weight is 227 g/mol. The van der Waals surface area contributed by atoms with Crippen molar-refractivity contribution in [2.45, 2.75) is 13.3 Å². The Bertz CT molecular complexity index is 523. The molecule has 2 rings (SSSR count). The molecule has 1 aromatic heterocycles. The monoisotopic (exact) mass is 227 g/mol. The first-order valence-corrected chi connectivity index (χ1v) is 5.44. The van der Waals surface area contributed by atoms with Crippen LogP contribution in [0, 0.1) is 0 Å². The molecular weight excluding hydrogens is 214 g/mol. The molecule has 0 aliphatic carbocycles. The van der Waals surface area contributed by atoms with Crippen LogP contribution < -0.4 is 0 Å². The highest BCUT2D eigenvalue weighted by Gasteiger charge is 2.06. The van der Waals surface area contributed by atoms with Crippen molar-refractivity contribution < 1.29 is 5.21 Å². The van der Waals surface area contributed by atoms with Crippen LogP contribution in [-0.2, 0) is 0 Å². The predicted molar refractivity (Wildman–Crippen MR) is 66.1 cm³/mol. The Morgan fingerprint density at radius 1 is 1.24 bits per heavy atom. The van der Waals surface area contributed by atoms with Gasteiger partial charge in [-0.1, -0.05) is 42.4 Å². The highest BCUT2D eigenvalue weighted by Crippen LogP contribution is 2.16. The van der Waals surface area contributed by atoms with Gasteiger partial charge in [-0.25, -0.2) is 9.97 Å².